The zero-order valence-corrected chi connectivity index (χ0v) is 16.0. The fraction of sp³-hybridized carbons (Fsp3) is 0.318. The van der Waals surface area contributed by atoms with E-state index in [2.05, 4.69) is 91.1 Å². The second-order valence-corrected chi connectivity index (χ2v) is 6.98. The Morgan fingerprint density at radius 1 is 1.00 bits per heavy atom. The lowest BCUT2D eigenvalue weighted by atomic mass is 10.0. The maximum Gasteiger partial charge on any atom is 0.147 e. The van der Waals surface area contributed by atoms with Crippen LogP contribution in [0.4, 0.5) is 11.4 Å². The Morgan fingerprint density at radius 2 is 1.73 bits per heavy atom. The number of rotatable bonds is 4. The maximum atomic E-state index is 4.77. The molecular weight excluding hydrogens is 320 g/mol. The lowest BCUT2D eigenvalue weighted by molar-refractivity contribution is 0.571. The third-order valence-electron chi connectivity index (χ3n) is 5.18. The van der Waals surface area contributed by atoms with Gasteiger partial charge < -0.3 is 10.2 Å². The van der Waals surface area contributed by atoms with Crippen LogP contribution in [0.15, 0.2) is 48.5 Å². The van der Waals surface area contributed by atoms with Gasteiger partial charge in [-0.25, -0.2) is 4.68 Å². The predicted octanol–water partition coefficient (Wildman–Crippen LogP) is 4.99. The number of benzene rings is 2. The first kappa shape index (κ1) is 16.7. The summed E-state index contributed by atoms with van der Waals surface area (Å²) in [5.41, 5.74) is 8.36. The normalized spacial score (nSPS) is 15.2. The van der Waals surface area contributed by atoms with Crippen LogP contribution in [0.2, 0.25) is 0 Å². The topological polar surface area (TPSA) is 33.1 Å². The van der Waals surface area contributed by atoms with Gasteiger partial charge in [-0.15, -0.1) is 0 Å². The van der Waals surface area contributed by atoms with Gasteiger partial charge >= 0.3 is 0 Å². The number of aromatic nitrogens is 2. The Kier molecular flexibility index (Phi) is 4.19. The summed E-state index contributed by atoms with van der Waals surface area (Å²) in [7, 11) is 0. The van der Waals surface area contributed by atoms with Crippen LogP contribution in [0.5, 0.6) is 0 Å². The van der Waals surface area contributed by atoms with E-state index in [-0.39, 0.29) is 6.17 Å². The van der Waals surface area contributed by atoms with E-state index in [9.17, 15) is 0 Å². The third-order valence-corrected chi connectivity index (χ3v) is 5.18. The molecule has 26 heavy (non-hydrogen) atoms. The summed E-state index contributed by atoms with van der Waals surface area (Å²) in [5.74, 6) is 0. The molecule has 2 aromatic carbocycles. The molecule has 1 N–H and O–H groups in total. The number of anilines is 2. The number of nitrogens with zero attached hydrogens (tertiary/aromatic N) is 3. The molecule has 3 aromatic rings. The molecule has 0 spiro atoms. The Hall–Kier alpha value is -2.75. The van der Waals surface area contributed by atoms with Crippen molar-refractivity contribution in [2.45, 2.75) is 33.9 Å². The molecule has 1 aromatic heterocycles. The number of nitrogens with one attached hydrogen (secondary N) is 1. The van der Waals surface area contributed by atoms with E-state index in [1.165, 1.54) is 33.8 Å². The largest absolute Gasteiger partial charge is 0.372 e. The Balaban J connectivity index is 1.75. The minimum atomic E-state index is 0.0136. The molecule has 1 atom stereocenters. The Morgan fingerprint density at radius 3 is 2.42 bits per heavy atom. The van der Waals surface area contributed by atoms with Gasteiger partial charge in [0.15, 0.2) is 0 Å². The summed E-state index contributed by atoms with van der Waals surface area (Å²) in [6, 6.07) is 17.6. The molecule has 4 heteroatoms. The highest BCUT2D eigenvalue weighted by molar-refractivity contribution is 5.79. The summed E-state index contributed by atoms with van der Waals surface area (Å²) in [6.07, 6.45) is 0.0136. The predicted molar refractivity (Wildman–Crippen MR) is 109 cm³/mol. The minimum absolute atomic E-state index is 0.0136. The smallest absolute Gasteiger partial charge is 0.147 e. The summed E-state index contributed by atoms with van der Waals surface area (Å²) in [6.45, 7) is 10.6. The second-order valence-electron chi connectivity index (χ2n) is 6.98. The minimum Gasteiger partial charge on any atom is -0.372 e. The molecule has 0 saturated heterocycles. The van der Waals surface area contributed by atoms with Crippen molar-refractivity contribution in [3.8, 4) is 11.3 Å². The fourth-order valence-corrected chi connectivity index (χ4v) is 3.80. The van der Waals surface area contributed by atoms with Crippen molar-refractivity contribution >= 4 is 11.4 Å². The van der Waals surface area contributed by atoms with Crippen LogP contribution in [-0.4, -0.2) is 22.9 Å². The van der Waals surface area contributed by atoms with Crippen LogP contribution in [0, 0.1) is 13.8 Å². The summed E-state index contributed by atoms with van der Waals surface area (Å²) in [4.78, 5) is 2.36. The van der Waals surface area contributed by atoms with Gasteiger partial charge in [0.1, 0.15) is 6.17 Å². The highest BCUT2D eigenvalue weighted by Crippen LogP contribution is 2.39. The maximum absolute atomic E-state index is 4.77. The molecular formula is C22H26N4. The van der Waals surface area contributed by atoms with Gasteiger partial charge in [0, 0.05) is 30.0 Å². The zero-order valence-electron chi connectivity index (χ0n) is 16.0. The standard InChI is InChI=1S/C22H26N4/c1-5-25(6-2)18-10-8-17(9-11-18)22-23-20-12-7-15(3)13-19(20)21-14-16(4)24-26(21)22/h7-14,22-23H,5-6H2,1-4H3/t22-/m1/s1. The molecule has 1 aliphatic rings. The van der Waals surface area contributed by atoms with Gasteiger partial charge in [-0.05, 0) is 63.6 Å². The molecule has 2 heterocycles. The molecule has 4 nitrogen and oxygen atoms in total. The average Bonchev–Trinajstić information content (AvgIpc) is 3.05. The van der Waals surface area contributed by atoms with Crippen LogP contribution in [0.3, 0.4) is 0 Å². The van der Waals surface area contributed by atoms with Gasteiger partial charge in [-0.2, -0.15) is 5.10 Å². The Labute approximate surface area is 155 Å². The first-order valence-electron chi connectivity index (χ1n) is 9.39. The van der Waals surface area contributed by atoms with Crippen molar-refractivity contribution in [3.05, 3.63) is 65.4 Å². The molecule has 0 radical (unpaired) electrons. The van der Waals surface area contributed by atoms with E-state index >= 15 is 0 Å². The van der Waals surface area contributed by atoms with Crippen molar-refractivity contribution in [1.29, 1.82) is 0 Å². The molecule has 0 unspecified atom stereocenters. The average molecular weight is 346 g/mol. The lowest BCUT2D eigenvalue weighted by Crippen LogP contribution is -2.26. The van der Waals surface area contributed by atoms with Gasteiger partial charge in [0.05, 0.1) is 11.4 Å². The third kappa shape index (κ3) is 2.75. The fourth-order valence-electron chi connectivity index (χ4n) is 3.80. The molecule has 0 amide bonds. The molecule has 0 saturated carbocycles. The van der Waals surface area contributed by atoms with Crippen LogP contribution >= 0.6 is 0 Å². The summed E-state index contributed by atoms with van der Waals surface area (Å²) >= 11 is 0. The second kappa shape index (κ2) is 6.52. The zero-order chi connectivity index (χ0) is 18.3. The molecule has 4 rings (SSSR count). The number of hydrogen-bond donors (Lipinski definition) is 1. The highest BCUT2D eigenvalue weighted by atomic mass is 15.4. The van der Waals surface area contributed by atoms with E-state index < -0.39 is 0 Å². The van der Waals surface area contributed by atoms with Crippen molar-refractivity contribution in [1.82, 2.24) is 9.78 Å². The molecule has 0 aliphatic carbocycles. The number of fused-ring (bicyclic) bond motifs is 3. The SMILES string of the molecule is CCN(CC)c1ccc([C@@H]2Nc3ccc(C)cc3-c3cc(C)nn32)cc1. The molecule has 0 fully saturated rings. The van der Waals surface area contributed by atoms with E-state index in [0.29, 0.717) is 0 Å². The molecule has 0 bridgehead atoms. The van der Waals surface area contributed by atoms with Crippen LogP contribution in [-0.2, 0) is 0 Å². The molecule has 1 aliphatic heterocycles. The van der Waals surface area contributed by atoms with Gasteiger partial charge in [-0.1, -0.05) is 23.8 Å². The van der Waals surface area contributed by atoms with Gasteiger partial charge in [-0.3, -0.25) is 0 Å². The first-order valence-corrected chi connectivity index (χ1v) is 9.39. The van der Waals surface area contributed by atoms with E-state index in [1.807, 2.05) is 0 Å². The highest BCUT2D eigenvalue weighted by Gasteiger charge is 2.26. The molecule has 134 valence electrons. The van der Waals surface area contributed by atoms with E-state index in [4.69, 9.17) is 5.10 Å². The van der Waals surface area contributed by atoms with Gasteiger partial charge in [0.2, 0.25) is 0 Å². The van der Waals surface area contributed by atoms with Crippen molar-refractivity contribution in [2.24, 2.45) is 0 Å². The summed E-state index contributed by atoms with van der Waals surface area (Å²) in [5, 5.41) is 8.44. The summed E-state index contributed by atoms with van der Waals surface area (Å²) < 4.78 is 2.11. The van der Waals surface area contributed by atoms with Crippen molar-refractivity contribution in [2.75, 3.05) is 23.3 Å². The van der Waals surface area contributed by atoms with Crippen LogP contribution < -0.4 is 10.2 Å². The first-order chi connectivity index (χ1) is 12.6. The quantitative estimate of drug-likeness (QED) is 0.723. The number of hydrogen-bond acceptors (Lipinski definition) is 3. The lowest BCUT2D eigenvalue weighted by Gasteiger charge is -2.30. The van der Waals surface area contributed by atoms with Gasteiger partial charge in [0.25, 0.3) is 0 Å². The van der Waals surface area contributed by atoms with E-state index in [0.717, 1.165) is 18.8 Å². The monoisotopic (exact) mass is 346 g/mol. The van der Waals surface area contributed by atoms with E-state index in [1.54, 1.807) is 0 Å². The number of aryl methyl sites for hydroxylation is 2. The van der Waals surface area contributed by atoms with Crippen molar-refractivity contribution < 1.29 is 0 Å². The van der Waals surface area contributed by atoms with Crippen LogP contribution in [0.25, 0.3) is 11.3 Å². The van der Waals surface area contributed by atoms with Crippen LogP contribution in [0.1, 0.15) is 36.8 Å². The van der Waals surface area contributed by atoms with Crippen molar-refractivity contribution in [3.63, 3.8) is 0 Å². The Bertz CT molecular complexity index is 920.